The summed E-state index contributed by atoms with van der Waals surface area (Å²) >= 11 is 3.82. The monoisotopic (exact) mass is 226 g/mol. The molecule has 0 aliphatic heterocycles. The quantitative estimate of drug-likeness (QED) is 0.478. The Hall–Kier alpha value is 0.620. The van der Waals surface area contributed by atoms with Gasteiger partial charge in [-0.25, -0.2) is 0 Å². The van der Waals surface area contributed by atoms with Crippen molar-refractivity contribution in [3.05, 3.63) is 34.9 Å². The Bertz CT molecular complexity index is 293. The average molecular weight is 227 g/mol. The standard InChI is InChI=1S/C8H9ClO2S.Na/c9-8-4-2-1-3-7(8)5-6-12(10)11;/h1-4H,5-6H2,(H,10,11);/q;+1/p-1. The molecule has 5 heteroatoms. The van der Waals surface area contributed by atoms with Crippen LogP contribution in [0.4, 0.5) is 0 Å². The zero-order valence-corrected chi connectivity index (χ0v) is 10.9. The third-order valence-electron chi connectivity index (χ3n) is 1.50. The summed E-state index contributed by atoms with van der Waals surface area (Å²) in [6, 6.07) is 7.24. The van der Waals surface area contributed by atoms with E-state index in [4.69, 9.17) is 11.6 Å². The first-order chi connectivity index (χ1) is 5.70. The van der Waals surface area contributed by atoms with Crippen molar-refractivity contribution < 1.29 is 38.3 Å². The van der Waals surface area contributed by atoms with Crippen LogP contribution in [0.1, 0.15) is 5.56 Å². The Morgan fingerprint density at radius 3 is 2.54 bits per heavy atom. The van der Waals surface area contributed by atoms with Crippen molar-refractivity contribution >= 4 is 22.7 Å². The fraction of sp³-hybridized carbons (Fsp3) is 0.250. The summed E-state index contributed by atoms with van der Waals surface area (Å²) in [5, 5.41) is 0.628. The van der Waals surface area contributed by atoms with Gasteiger partial charge in [-0.05, 0) is 18.1 Å². The number of halogens is 1. The van der Waals surface area contributed by atoms with Crippen molar-refractivity contribution in [1.29, 1.82) is 0 Å². The average Bonchev–Trinajstić information content (AvgIpc) is 2.03. The van der Waals surface area contributed by atoms with Gasteiger partial charge in [0, 0.05) is 10.8 Å². The Labute approximate surface area is 107 Å². The van der Waals surface area contributed by atoms with Crippen LogP contribution in [-0.2, 0) is 17.5 Å². The summed E-state index contributed by atoms with van der Waals surface area (Å²) in [6.45, 7) is 0. The first-order valence-electron chi connectivity index (χ1n) is 3.49. The zero-order chi connectivity index (χ0) is 8.97. The Morgan fingerprint density at radius 2 is 2.00 bits per heavy atom. The molecule has 0 aromatic heterocycles. The van der Waals surface area contributed by atoms with Gasteiger partial charge in [0.15, 0.2) is 0 Å². The molecule has 0 radical (unpaired) electrons. The number of hydrogen-bond donors (Lipinski definition) is 0. The Kier molecular flexibility index (Phi) is 7.32. The van der Waals surface area contributed by atoms with E-state index >= 15 is 0 Å². The summed E-state index contributed by atoms with van der Waals surface area (Å²) in [4.78, 5) is 0. The molecule has 13 heavy (non-hydrogen) atoms. The van der Waals surface area contributed by atoms with Crippen molar-refractivity contribution in [3.8, 4) is 0 Å². The molecular formula is C8H8ClNaO2S. The van der Waals surface area contributed by atoms with Crippen molar-refractivity contribution in [2.24, 2.45) is 0 Å². The van der Waals surface area contributed by atoms with Gasteiger partial charge in [-0.3, -0.25) is 4.21 Å². The van der Waals surface area contributed by atoms with E-state index in [9.17, 15) is 8.76 Å². The van der Waals surface area contributed by atoms with Crippen molar-refractivity contribution in [2.75, 3.05) is 5.75 Å². The van der Waals surface area contributed by atoms with E-state index in [0.717, 1.165) is 5.56 Å². The molecule has 2 nitrogen and oxygen atoms in total. The van der Waals surface area contributed by atoms with Crippen LogP contribution in [0.2, 0.25) is 5.02 Å². The number of aryl methyl sites for hydroxylation is 1. The van der Waals surface area contributed by atoms with E-state index in [1.807, 2.05) is 18.2 Å². The van der Waals surface area contributed by atoms with Crippen LogP contribution in [0, 0.1) is 0 Å². The van der Waals surface area contributed by atoms with Gasteiger partial charge in [0.1, 0.15) is 0 Å². The molecule has 1 rings (SSSR count). The van der Waals surface area contributed by atoms with E-state index in [1.165, 1.54) is 0 Å². The Morgan fingerprint density at radius 1 is 1.38 bits per heavy atom. The summed E-state index contributed by atoms with van der Waals surface area (Å²) in [6.07, 6.45) is 0.482. The van der Waals surface area contributed by atoms with Crippen molar-refractivity contribution in [1.82, 2.24) is 0 Å². The van der Waals surface area contributed by atoms with Crippen LogP contribution in [0.25, 0.3) is 0 Å². The summed E-state index contributed by atoms with van der Waals surface area (Å²) in [5.41, 5.74) is 0.878. The van der Waals surface area contributed by atoms with Crippen LogP contribution < -0.4 is 29.6 Å². The Balaban J connectivity index is 0.00000144. The van der Waals surface area contributed by atoms with Crippen molar-refractivity contribution in [2.45, 2.75) is 6.42 Å². The SMILES string of the molecule is O=S([O-])CCc1ccccc1Cl.[Na+]. The molecule has 1 atom stereocenters. The summed E-state index contributed by atoms with van der Waals surface area (Å²) in [7, 11) is 0. The molecule has 0 heterocycles. The summed E-state index contributed by atoms with van der Waals surface area (Å²) < 4.78 is 20.5. The number of benzene rings is 1. The first kappa shape index (κ1) is 13.6. The van der Waals surface area contributed by atoms with Crippen LogP contribution in [0.5, 0.6) is 0 Å². The van der Waals surface area contributed by atoms with E-state index in [0.29, 0.717) is 11.4 Å². The molecule has 0 fully saturated rings. The fourth-order valence-corrected chi connectivity index (χ4v) is 1.51. The molecule has 0 spiro atoms. The molecule has 0 N–H and O–H groups in total. The topological polar surface area (TPSA) is 40.1 Å². The molecule has 1 aromatic rings. The van der Waals surface area contributed by atoms with Gasteiger partial charge in [0.05, 0.1) is 0 Å². The largest absolute Gasteiger partial charge is 1.00 e. The maximum absolute atomic E-state index is 10.2. The van der Waals surface area contributed by atoms with E-state index < -0.39 is 11.1 Å². The van der Waals surface area contributed by atoms with Crippen LogP contribution in [0.3, 0.4) is 0 Å². The molecular weight excluding hydrogens is 219 g/mol. The van der Waals surface area contributed by atoms with Crippen LogP contribution >= 0.6 is 11.6 Å². The van der Waals surface area contributed by atoms with Crippen LogP contribution in [0.15, 0.2) is 24.3 Å². The second-order valence-corrected chi connectivity index (χ2v) is 3.77. The first-order valence-corrected chi connectivity index (χ1v) is 5.11. The second kappa shape index (κ2) is 6.98. The van der Waals surface area contributed by atoms with Gasteiger partial charge >= 0.3 is 29.6 Å². The van der Waals surface area contributed by atoms with Crippen molar-refractivity contribution in [3.63, 3.8) is 0 Å². The minimum atomic E-state index is -1.98. The van der Waals surface area contributed by atoms with E-state index in [2.05, 4.69) is 0 Å². The summed E-state index contributed by atoms with van der Waals surface area (Å²) in [5.74, 6) is 0.129. The van der Waals surface area contributed by atoms with Crippen LogP contribution in [-0.4, -0.2) is 14.5 Å². The van der Waals surface area contributed by atoms with Gasteiger partial charge in [-0.15, -0.1) is 0 Å². The maximum Gasteiger partial charge on any atom is 1.00 e. The predicted octanol–water partition coefficient (Wildman–Crippen LogP) is -1.23. The molecule has 66 valence electrons. The third kappa shape index (κ3) is 5.15. The second-order valence-electron chi connectivity index (χ2n) is 2.35. The fourth-order valence-electron chi connectivity index (χ4n) is 0.894. The molecule has 0 saturated heterocycles. The van der Waals surface area contributed by atoms with Gasteiger partial charge in [0.2, 0.25) is 0 Å². The maximum atomic E-state index is 10.2. The van der Waals surface area contributed by atoms with Gasteiger partial charge < -0.3 is 4.55 Å². The molecule has 0 amide bonds. The van der Waals surface area contributed by atoms with E-state index in [-0.39, 0.29) is 35.3 Å². The minimum Gasteiger partial charge on any atom is -0.772 e. The van der Waals surface area contributed by atoms with Gasteiger partial charge in [-0.2, -0.15) is 0 Å². The predicted molar refractivity (Wildman–Crippen MR) is 48.9 cm³/mol. The normalized spacial score (nSPS) is 11.8. The molecule has 0 aliphatic carbocycles. The van der Waals surface area contributed by atoms with Gasteiger partial charge in [0.25, 0.3) is 0 Å². The molecule has 1 unspecified atom stereocenters. The van der Waals surface area contributed by atoms with Gasteiger partial charge in [-0.1, -0.05) is 40.9 Å². The van der Waals surface area contributed by atoms with E-state index in [1.54, 1.807) is 6.07 Å². The smallest absolute Gasteiger partial charge is 0.772 e. The number of hydrogen-bond acceptors (Lipinski definition) is 2. The third-order valence-corrected chi connectivity index (χ3v) is 2.40. The molecule has 0 bridgehead atoms. The molecule has 0 saturated carbocycles. The zero-order valence-electron chi connectivity index (χ0n) is 7.33. The minimum absolute atomic E-state index is 0. The molecule has 1 aromatic carbocycles. The number of rotatable bonds is 3. The molecule has 0 aliphatic rings.